The lowest BCUT2D eigenvalue weighted by Gasteiger charge is -2.29. The molecule has 4 heteroatoms. The molecule has 2 rings (SSSR count). The smallest absolute Gasteiger partial charge is 0.161 e. The number of hydrogen-bond acceptors (Lipinski definition) is 2. The maximum atomic E-state index is 9.70. The summed E-state index contributed by atoms with van der Waals surface area (Å²) in [6.45, 7) is 12.0. The lowest BCUT2D eigenvalue weighted by Crippen LogP contribution is -3.27. The first-order valence-electron chi connectivity index (χ1n) is 7.34. The Labute approximate surface area is 115 Å². The number of phenolic OH excluding ortho intramolecular Hbond substituents is 1. The Morgan fingerprint density at radius 3 is 2.42 bits per heavy atom. The fraction of sp³-hybridized carbons (Fsp3) is 0.600. The first-order valence-corrected chi connectivity index (χ1v) is 7.34. The van der Waals surface area contributed by atoms with Crippen LogP contribution in [0.5, 0.6) is 11.5 Å². The second kappa shape index (κ2) is 6.78. The minimum absolute atomic E-state index is 0.237. The summed E-state index contributed by atoms with van der Waals surface area (Å²) < 4.78 is 5.44. The molecule has 0 saturated carbocycles. The third-order valence-electron chi connectivity index (χ3n) is 3.94. The minimum Gasteiger partial charge on any atom is -0.504 e. The number of hydrogen-bond donors (Lipinski definition) is 3. The lowest BCUT2D eigenvalue weighted by atomic mass is 10.1. The van der Waals surface area contributed by atoms with Crippen LogP contribution in [-0.4, -0.2) is 44.4 Å². The quantitative estimate of drug-likeness (QED) is 0.646. The molecule has 0 amide bonds. The van der Waals surface area contributed by atoms with Gasteiger partial charge in [0.05, 0.1) is 13.2 Å². The summed E-state index contributed by atoms with van der Waals surface area (Å²) in [4.78, 5) is 3.34. The first-order chi connectivity index (χ1) is 9.22. The highest BCUT2D eigenvalue weighted by atomic mass is 16.5. The highest BCUT2D eigenvalue weighted by Gasteiger charge is 2.21. The van der Waals surface area contributed by atoms with E-state index in [0.29, 0.717) is 12.4 Å². The van der Waals surface area contributed by atoms with Gasteiger partial charge in [-0.05, 0) is 32.0 Å². The molecular weight excluding hydrogens is 240 g/mol. The highest BCUT2D eigenvalue weighted by Crippen LogP contribution is 2.26. The fourth-order valence-electron chi connectivity index (χ4n) is 2.72. The molecule has 1 fully saturated rings. The highest BCUT2D eigenvalue weighted by molar-refractivity contribution is 5.41. The third-order valence-corrected chi connectivity index (χ3v) is 3.94. The van der Waals surface area contributed by atoms with Gasteiger partial charge in [0.1, 0.15) is 32.7 Å². The second-order valence-electron chi connectivity index (χ2n) is 5.27. The zero-order chi connectivity index (χ0) is 13.7. The van der Waals surface area contributed by atoms with E-state index in [1.807, 2.05) is 19.1 Å². The average Bonchev–Trinajstić information content (AvgIpc) is 2.44. The van der Waals surface area contributed by atoms with Crippen LogP contribution in [-0.2, 0) is 6.54 Å². The van der Waals surface area contributed by atoms with E-state index in [1.165, 1.54) is 38.3 Å². The van der Waals surface area contributed by atoms with Crippen molar-refractivity contribution in [3.05, 3.63) is 23.8 Å². The zero-order valence-electron chi connectivity index (χ0n) is 12.0. The van der Waals surface area contributed by atoms with Gasteiger partial charge in [-0.25, -0.2) is 0 Å². The Kier molecular flexibility index (Phi) is 5.05. The van der Waals surface area contributed by atoms with Gasteiger partial charge in [-0.1, -0.05) is 0 Å². The Hall–Kier alpha value is -1.26. The number of likely N-dealkylation sites (N-methyl/N-ethyl adjacent to an activating group) is 1. The van der Waals surface area contributed by atoms with Crippen LogP contribution in [0.1, 0.15) is 19.4 Å². The van der Waals surface area contributed by atoms with Crippen molar-refractivity contribution in [1.29, 1.82) is 0 Å². The SMILES string of the molecule is CCOc1cc(C[NH+]2CC[NH+](CC)CC2)ccc1O. The zero-order valence-corrected chi connectivity index (χ0v) is 12.0. The molecule has 1 saturated heterocycles. The van der Waals surface area contributed by atoms with Crippen LogP contribution in [0.2, 0.25) is 0 Å². The molecule has 0 atom stereocenters. The van der Waals surface area contributed by atoms with Crippen molar-refractivity contribution in [2.24, 2.45) is 0 Å². The Morgan fingerprint density at radius 1 is 1.11 bits per heavy atom. The summed E-state index contributed by atoms with van der Waals surface area (Å²) in [6, 6.07) is 5.72. The predicted octanol–water partition coefficient (Wildman–Crippen LogP) is -0.906. The molecule has 1 aromatic rings. The molecule has 0 bridgehead atoms. The van der Waals surface area contributed by atoms with Crippen LogP contribution >= 0.6 is 0 Å². The van der Waals surface area contributed by atoms with Gasteiger partial charge in [-0.2, -0.15) is 0 Å². The number of ether oxygens (including phenoxy) is 1. The van der Waals surface area contributed by atoms with Crippen LogP contribution < -0.4 is 14.5 Å². The number of phenols is 1. The van der Waals surface area contributed by atoms with E-state index >= 15 is 0 Å². The number of rotatable bonds is 5. The first kappa shape index (κ1) is 14.2. The Morgan fingerprint density at radius 2 is 1.79 bits per heavy atom. The summed E-state index contributed by atoms with van der Waals surface area (Å²) in [5, 5.41) is 9.70. The summed E-state index contributed by atoms with van der Waals surface area (Å²) in [7, 11) is 0. The number of benzene rings is 1. The molecule has 0 aliphatic carbocycles. The summed E-state index contributed by atoms with van der Waals surface area (Å²) in [6.07, 6.45) is 0. The monoisotopic (exact) mass is 266 g/mol. The molecule has 0 spiro atoms. The van der Waals surface area contributed by atoms with E-state index in [4.69, 9.17) is 4.74 Å². The van der Waals surface area contributed by atoms with Crippen molar-refractivity contribution < 1.29 is 19.6 Å². The minimum atomic E-state index is 0.237. The molecule has 0 unspecified atom stereocenters. The number of aromatic hydroxyl groups is 1. The van der Waals surface area contributed by atoms with Crippen LogP contribution in [0, 0.1) is 0 Å². The summed E-state index contributed by atoms with van der Waals surface area (Å²) >= 11 is 0. The number of quaternary nitrogens is 2. The van der Waals surface area contributed by atoms with Gasteiger partial charge in [-0.3, -0.25) is 0 Å². The molecule has 1 aromatic carbocycles. The van der Waals surface area contributed by atoms with Gasteiger partial charge in [0, 0.05) is 5.56 Å². The van der Waals surface area contributed by atoms with Gasteiger partial charge >= 0.3 is 0 Å². The van der Waals surface area contributed by atoms with Gasteiger partial charge in [0.15, 0.2) is 11.5 Å². The van der Waals surface area contributed by atoms with Crippen LogP contribution in [0.15, 0.2) is 18.2 Å². The molecular formula is C15H26N2O2+2. The fourth-order valence-corrected chi connectivity index (χ4v) is 2.72. The maximum absolute atomic E-state index is 9.70. The van der Waals surface area contributed by atoms with Crippen LogP contribution in [0.4, 0.5) is 0 Å². The topological polar surface area (TPSA) is 38.3 Å². The van der Waals surface area contributed by atoms with Crippen molar-refractivity contribution in [2.75, 3.05) is 39.3 Å². The normalized spacial score (nSPS) is 23.3. The van der Waals surface area contributed by atoms with E-state index in [-0.39, 0.29) is 5.75 Å². The predicted molar refractivity (Wildman–Crippen MR) is 74.9 cm³/mol. The largest absolute Gasteiger partial charge is 0.504 e. The molecule has 4 nitrogen and oxygen atoms in total. The van der Waals surface area contributed by atoms with Crippen molar-refractivity contribution in [1.82, 2.24) is 0 Å². The molecule has 1 aliphatic heterocycles. The Balaban J connectivity index is 1.94. The van der Waals surface area contributed by atoms with E-state index < -0.39 is 0 Å². The lowest BCUT2D eigenvalue weighted by molar-refractivity contribution is -1.02. The summed E-state index contributed by atoms with van der Waals surface area (Å²) in [5.41, 5.74) is 1.25. The van der Waals surface area contributed by atoms with Crippen LogP contribution in [0.25, 0.3) is 0 Å². The maximum Gasteiger partial charge on any atom is 0.161 e. The molecule has 0 aromatic heterocycles. The standard InChI is InChI=1S/C15H24N2O2/c1-3-16-7-9-17(10-8-16)12-13-5-6-14(18)15(11-13)19-4-2/h5-6,11,18H,3-4,7-10,12H2,1-2H3/p+2. The van der Waals surface area contributed by atoms with Gasteiger partial charge in [0.2, 0.25) is 0 Å². The van der Waals surface area contributed by atoms with Gasteiger partial charge in [-0.15, -0.1) is 0 Å². The second-order valence-corrected chi connectivity index (χ2v) is 5.27. The molecule has 1 heterocycles. The number of piperazine rings is 1. The average molecular weight is 266 g/mol. The van der Waals surface area contributed by atoms with Gasteiger partial charge in [0.25, 0.3) is 0 Å². The van der Waals surface area contributed by atoms with Crippen LogP contribution in [0.3, 0.4) is 0 Å². The van der Waals surface area contributed by atoms with Crippen molar-refractivity contribution in [3.63, 3.8) is 0 Å². The van der Waals surface area contributed by atoms with Gasteiger partial charge < -0.3 is 19.6 Å². The van der Waals surface area contributed by atoms with E-state index in [2.05, 4.69) is 6.92 Å². The Bertz CT molecular complexity index is 401. The summed E-state index contributed by atoms with van der Waals surface area (Å²) in [5.74, 6) is 0.845. The van der Waals surface area contributed by atoms with Crippen molar-refractivity contribution >= 4 is 0 Å². The van der Waals surface area contributed by atoms with E-state index in [9.17, 15) is 5.11 Å². The van der Waals surface area contributed by atoms with Crippen molar-refractivity contribution in [3.8, 4) is 11.5 Å². The molecule has 1 aliphatic rings. The molecule has 0 radical (unpaired) electrons. The van der Waals surface area contributed by atoms with Crippen molar-refractivity contribution in [2.45, 2.75) is 20.4 Å². The molecule has 3 N–H and O–H groups in total. The number of nitrogens with one attached hydrogen (secondary N) is 2. The van der Waals surface area contributed by atoms with E-state index in [1.54, 1.807) is 15.9 Å². The van der Waals surface area contributed by atoms with E-state index in [0.717, 1.165) is 6.54 Å². The third kappa shape index (κ3) is 3.85. The molecule has 19 heavy (non-hydrogen) atoms. The molecule has 106 valence electrons.